The van der Waals surface area contributed by atoms with Crippen LogP contribution < -0.4 is 10.2 Å². The number of ketones is 1. The quantitative estimate of drug-likeness (QED) is 0.657. The number of halogens is 1. The zero-order valence-electron chi connectivity index (χ0n) is 14.1. The molecule has 2 aromatic rings. The highest BCUT2D eigenvalue weighted by atomic mass is 19.1. The number of fused-ring (bicyclic) bond motifs is 5. The van der Waals surface area contributed by atoms with Crippen LogP contribution in [0.25, 0.3) is 6.08 Å². The van der Waals surface area contributed by atoms with Crippen LogP contribution in [-0.4, -0.2) is 29.7 Å². The van der Waals surface area contributed by atoms with Gasteiger partial charge in [0.05, 0.1) is 17.9 Å². The molecule has 27 heavy (non-hydrogen) atoms. The summed E-state index contributed by atoms with van der Waals surface area (Å²) in [5.74, 6) is -2.88. The second-order valence-electron chi connectivity index (χ2n) is 7.04. The first-order chi connectivity index (χ1) is 13.1. The standard InChI is InChI=1S/C21H15FN2O3/c22-13-8-5-12(6-9-13)19(25)18-17-16(20(26)23-21(17)27)15-10-7-11-3-1-2-4-14(11)24(15)18/h1-10,15-18H,(H,23,26,27)/t15-,16-,17-,18+/m1/s1. The number of nitrogens with one attached hydrogen (secondary N) is 1. The highest BCUT2D eigenvalue weighted by molar-refractivity contribution is 6.14. The molecule has 0 spiro atoms. The summed E-state index contributed by atoms with van der Waals surface area (Å²) >= 11 is 0. The number of nitrogens with zero attached hydrogens (tertiary/aromatic N) is 1. The molecule has 5 rings (SSSR count). The summed E-state index contributed by atoms with van der Waals surface area (Å²) in [5.41, 5.74) is 2.07. The summed E-state index contributed by atoms with van der Waals surface area (Å²) in [7, 11) is 0. The van der Waals surface area contributed by atoms with Crippen LogP contribution >= 0.6 is 0 Å². The third-order valence-electron chi connectivity index (χ3n) is 5.65. The van der Waals surface area contributed by atoms with E-state index in [2.05, 4.69) is 5.32 Å². The van der Waals surface area contributed by atoms with Crippen LogP contribution in [0.5, 0.6) is 0 Å². The lowest BCUT2D eigenvalue weighted by atomic mass is 9.86. The lowest BCUT2D eigenvalue weighted by molar-refractivity contribution is -0.126. The van der Waals surface area contributed by atoms with Gasteiger partial charge in [-0.25, -0.2) is 4.39 Å². The molecule has 2 aromatic carbocycles. The molecule has 2 amide bonds. The average molecular weight is 362 g/mol. The first-order valence-corrected chi connectivity index (χ1v) is 8.76. The summed E-state index contributed by atoms with van der Waals surface area (Å²) in [6, 6.07) is 11.7. The molecule has 6 heteroatoms. The molecule has 0 bridgehead atoms. The van der Waals surface area contributed by atoms with Gasteiger partial charge in [0.1, 0.15) is 11.9 Å². The molecular weight excluding hydrogens is 347 g/mol. The molecular formula is C21H15FN2O3. The van der Waals surface area contributed by atoms with Gasteiger partial charge in [0.15, 0.2) is 5.78 Å². The van der Waals surface area contributed by atoms with Crippen molar-refractivity contribution < 1.29 is 18.8 Å². The minimum atomic E-state index is -0.817. The lowest BCUT2D eigenvalue weighted by Gasteiger charge is -2.35. The predicted molar refractivity (Wildman–Crippen MR) is 96.4 cm³/mol. The minimum absolute atomic E-state index is 0.289. The number of hydrogen-bond donors (Lipinski definition) is 1. The normalized spacial score (nSPS) is 27.8. The van der Waals surface area contributed by atoms with Crippen LogP contribution in [-0.2, 0) is 9.59 Å². The first-order valence-electron chi connectivity index (χ1n) is 8.76. The van der Waals surface area contributed by atoms with Crippen molar-refractivity contribution in [3.63, 3.8) is 0 Å². The molecule has 0 aliphatic carbocycles. The van der Waals surface area contributed by atoms with Crippen LogP contribution in [0, 0.1) is 17.7 Å². The van der Waals surface area contributed by atoms with E-state index < -0.39 is 29.6 Å². The summed E-state index contributed by atoms with van der Waals surface area (Å²) in [6.45, 7) is 0. The highest BCUT2D eigenvalue weighted by Crippen LogP contribution is 2.46. The van der Waals surface area contributed by atoms with Crippen LogP contribution in [0.3, 0.4) is 0 Å². The molecule has 134 valence electrons. The van der Waals surface area contributed by atoms with Gasteiger partial charge in [-0.2, -0.15) is 0 Å². The fourth-order valence-corrected chi connectivity index (χ4v) is 4.52. The van der Waals surface area contributed by atoms with Crippen LogP contribution in [0.4, 0.5) is 10.1 Å². The van der Waals surface area contributed by atoms with Crippen molar-refractivity contribution in [2.75, 3.05) is 4.90 Å². The fraction of sp³-hybridized carbons (Fsp3) is 0.190. The largest absolute Gasteiger partial charge is 0.352 e. The van der Waals surface area contributed by atoms with E-state index in [0.29, 0.717) is 5.56 Å². The van der Waals surface area contributed by atoms with Crippen molar-refractivity contribution in [2.24, 2.45) is 11.8 Å². The van der Waals surface area contributed by atoms with Gasteiger partial charge >= 0.3 is 0 Å². The summed E-state index contributed by atoms with van der Waals surface area (Å²) in [4.78, 5) is 40.2. The Labute approximate surface area is 154 Å². The Morgan fingerprint density at radius 3 is 2.44 bits per heavy atom. The third kappa shape index (κ3) is 2.19. The molecule has 2 saturated heterocycles. The maximum atomic E-state index is 13.3. The Kier molecular flexibility index (Phi) is 3.31. The predicted octanol–water partition coefficient (Wildman–Crippen LogP) is 2.18. The van der Waals surface area contributed by atoms with Gasteiger partial charge in [-0.15, -0.1) is 0 Å². The van der Waals surface area contributed by atoms with Crippen molar-refractivity contribution in [2.45, 2.75) is 12.1 Å². The van der Waals surface area contributed by atoms with E-state index in [-0.39, 0.29) is 17.7 Å². The second kappa shape index (κ2) is 5.61. The zero-order chi connectivity index (χ0) is 18.7. The smallest absolute Gasteiger partial charge is 0.233 e. The van der Waals surface area contributed by atoms with Gasteiger partial charge in [0, 0.05) is 11.3 Å². The maximum absolute atomic E-state index is 13.3. The molecule has 4 atom stereocenters. The second-order valence-corrected chi connectivity index (χ2v) is 7.04. The van der Waals surface area contributed by atoms with E-state index >= 15 is 0 Å². The van der Waals surface area contributed by atoms with Crippen molar-refractivity contribution in [1.29, 1.82) is 0 Å². The van der Waals surface area contributed by atoms with Crippen molar-refractivity contribution in [1.82, 2.24) is 5.32 Å². The number of Topliss-reactive ketones (excluding diaryl/α,β-unsaturated/α-hetero) is 1. The van der Waals surface area contributed by atoms with Crippen molar-refractivity contribution in [3.05, 3.63) is 71.6 Å². The number of rotatable bonds is 2. The van der Waals surface area contributed by atoms with Crippen LogP contribution in [0.15, 0.2) is 54.6 Å². The SMILES string of the molecule is O=C1NC(=O)[C@H]2[C@@H]1[C@@H](C(=O)c1ccc(F)cc1)N1c3ccccc3C=C[C@H]21. The number of benzene rings is 2. The first kappa shape index (κ1) is 15.9. The number of anilines is 1. The van der Waals surface area contributed by atoms with Gasteiger partial charge in [-0.1, -0.05) is 30.4 Å². The van der Waals surface area contributed by atoms with E-state index in [9.17, 15) is 18.8 Å². The Hall–Kier alpha value is -3.28. The number of para-hydroxylation sites is 1. The van der Waals surface area contributed by atoms with Gasteiger partial charge < -0.3 is 4.90 Å². The van der Waals surface area contributed by atoms with Crippen molar-refractivity contribution in [3.8, 4) is 0 Å². The lowest BCUT2D eigenvalue weighted by Crippen LogP contribution is -2.47. The Bertz CT molecular complexity index is 1010. The number of carbonyl (C=O) groups is 3. The molecule has 0 aromatic heterocycles. The fourth-order valence-electron chi connectivity index (χ4n) is 4.52. The van der Waals surface area contributed by atoms with E-state index in [0.717, 1.165) is 11.3 Å². The highest BCUT2D eigenvalue weighted by Gasteiger charge is 2.61. The summed E-state index contributed by atoms with van der Waals surface area (Å²) < 4.78 is 13.3. The minimum Gasteiger partial charge on any atom is -0.352 e. The Morgan fingerprint density at radius 1 is 0.963 bits per heavy atom. The molecule has 0 radical (unpaired) electrons. The number of amides is 2. The Morgan fingerprint density at radius 2 is 1.67 bits per heavy atom. The van der Waals surface area contributed by atoms with Crippen molar-refractivity contribution >= 4 is 29.4 Å². The van der Waals surface area contributed by atoms with E-state index in [4.69, 9.17) is 0 Å². The van der Waals surface area contributed by atoms with Gasteiger partial charge in [0.2, 0.25) is 11.8 Å². The van der Waals surface area contributed by atoms with Gasteiger partial charge in [-0.05, 0) is 35.9 Å². The molecule has 0 unspecified atom stereocenters. The maximum Gasteiger partial charge on any atom is 0.233 e. The van der Waals surface area contributed by atoms with Gasteiger partial charge in [-0.3, -0.25) is 19.7 Å². The number of imide groups is 1. The average Bonchev–Trinajstić information content (AvgIpc) is 3.17. The molecule has 2 fully saturated rings. The van der Waals surface area contributed by atoms with E-state index in [1.807, 2.05) is 41.3 Å². The number of carbonyl (C=O) groups excluding carboxylic acids is 3. The van der Waals surface area contributed by atoms with Gasteiger partial charge in [0.25, 0.3) is 0 Å². The van der Waals surface area contributed by atoms with Crippen LogP contribution in [0.2, 0.25) is 0 Å². The summed E-state index contributed by atoms with van der Waals surface area (Å²) in [5, 5.41) is 2.37. The molecule has 3 heterocycles. The van der Waals surface area contributed by atoms with Crippen LogP contribution in [0.1, 0.15) is 15.9 Å². The molecule has 0 saturated carbocycles. The zero-order valence-corrected chi connectivity index (χ0v) is 14.1. The molecule has 3 aliphatic rings. The van der Waals surface area contributed by atoms with E-state index in [1.165, 1.54) is 24.3 Å². The monoisotopic (exact) mass is 362 g/mol. The molecule has 1 N–H and O–H groups in total. The number of hydrogen-bond acceptors (Lipinski definition) is 4. The third-order valence-corrected chi connectivity index (χ3v) is 5.65. The van der Waals surface area contributed by atoms with E-state index in [1.54, 1.807) is 0 Å². The molecule has 5 nitrogen and oxygen atoms in total. The summed E-state index contributed by atoms with van der Waals surface area (Å²) in [6.07, 6.45) is 3.81. The Balaban J connectivity index is 1.66. The topological polar surface area (TPSA) is 66.5 Å². The molecule has 3 aliphatic heterocycles.